The average molecular weight is 320 g/mol. The van der Waals surface area contributed by atoms with Crippen molar-refractivity contribution in [2.24, 2.45) is 5.73 Å². The van der Waals surface area contributed by atoms with Crippen LogP contribution in [-0.2, 0) is 19.1 Å². The largest absolute Gasteiger partial charge is 0.378 e. The van der Waals surface area contributed by atoms with E-state index in [0.717, 1.165) is 18.8 Å². The smallest absolute Gasteiger partial charge is 0.270 e. The summed E-state index contributed by atoms with van der Waals surface area (Å²) in [5.74, 6) is -1.05. The van der Waals surface area contributed by atoms with Gasteiger partial charge in [-0.2, -0.15) is 0 Å². The lowest BCUT2D eigenvalue weighted by Gasteiger charge is -2.50. The highest BCUT2D eigenvalue weighted by atomic mass is 16.5. The first-order valence-corrected chi connectivity index (χ1v) is 7.67. The summed E-state index contributed by atoms with van der Waals surface area (Å²) in [6.07, 6.45) is 5.99. The molecule has 0 aromatic rings. The summed E-state index contributed by atoms with van der Waals surface area (Å²) in [5, 5.41) is 1.31. The molecule has 1 spiro atoms. The molecule has 23 heavy (non-hydrogen) atoms. The number of nitrogens with zero attached hydrogens (tertiary/aromatic N) is 2. The van der Waals surface area contributed by atoms with Gasteiger partial charge in [0.25, 0.3) is 5.91 Å². The third-order valence-electron chi connectivity index (χ3n) is 4.37. The quantitative estimate of drug-likeness (QED) is 0.694. The molecule has 2 fully saturated rings. The summed E-state index contributed by atoms with van der Waals surface area (Å²) in [4.78, 5) is 37.2. The summed E-state index contributed by atoms with van der Waals surface area (Å²) in [7, 11) is 0. The van der Waals surface area contributed by atoms with Crippen LogP contribution in [0.4, 0.5) is 0 Å². The molecule has 3 N–H and O–H groups in total. The Kier molecular flexibility index (Phi) is 4.08. The summed E-state index contributed by atoms with van der Waals surface area (Å²) >= 11 is 0. The zero-order valence-corrected chi connectivity index (χ0v) is 12.8. The topological polar surface area (TPSA) is 105 Å². The minimum Gasteiger partial charge on any atom is -0.378 e. The summed E-state index contributed by atoms with van der Waals surface area (Å²) in [6.45, 7) is 3.01. The number of ether oxygens (including phenoxy) is 1. The lowest BCUT2D eigenvalue weighted by atomic mass is 9.84. The molecule has 3 amide bonds. The van der Waals surface area contributed by atoms with Crippen molar-refractivity contribution in [2.75, 3.05) is 26.3 Å². The van der Waals surface area contributed by atoms with E-state index in [1.807, 2.05) is 12.2 Å². The molecule has 0 bridgehead atoms. The van der Waals surface area contributed by atoms with Crippen molar-refractivity contribution in [3.63, 3.8) is 0 Å². The number of carbonyl (C=O) groups is 3. The van der Waals surface area contributed by atoms with E-state index in [4.69, 9.17) is 10.5 Å². The lowest BCUT2D eigenvalue weighted by Crippen LogP contribution is -2.76. The fourth-order valence-corrected chi connectivity index (χ4v) is 2.98. The SMILES string of the molecule is NC(=O)CCC(=O)N1NC(=O)[C@]12C=CC(N1CCOCC1)=CC2. The number of amides is 3. The Bertz CT molecular complexity index is 594. The van der Waals surface area contributed by atoms with Crippen molar-refractivity contribution in [3.05, 3.63) is 23.9 Å². The van der Waals surface area contributed by atoms with E-state index in [-0.39, 0.29) is 24.7 Å². The number of hydrazine groups is 1. The number of hydrogen-bond acceptors (Lipinski definition) is 5. The van der Waals surface area contributed by atoms with Crippen LogP contribution in [0.15, 0.2) is 23.9 Å². The molecule has 2 aliphatic heterocycles. The molecule has 124 valence electrons. The molecule has 1 atom stereocenters. The molecule has 8 heteroatoms. The summed E-state index contributed by atoms with van der Waals surface area (Å²) in [6, 6.07) is 0. The number of carbonyl (C=O) groups excluding carboxylic acids is 3. The first kappa shape index (κ1) is 15.5. The molecule has 0 aromatic carbocycles. The van der Waals surface area contributed by atoms with Crippen molar-refractivity contribution in [1.82, 2.24) is 15.3 Å². The Morgan fingerprint density at radius 2 is 2.04 bits per heavy atom. The van der Waals surface area contributed by atoms with Crippen LogP contribution in [0.1, 0.15) is 19.3 Å². The highest BCUT2D eigenvalue weighted by Crippen LogP contribution is 2.34. The van der Waals surface area contributed by atoms with Gasteiger partial charge < -0.3 is 15.4 Å². The Hall–Kier alpha value is -2.35. The lowest BCUT2D eigenvalue weighted by molar-refractivity contribution is -0.171. The second-order valence-electron chi connectivity index (χ2n) is 5.83. The monoisotopic (exact) mass is 320 g/mol. The van der Waals surface area contributed by atoms with E-state index in [2.05, 4.69) is 10.3 Å². The van der Waals surface area contributed by atoms with Crippen LogP contribution in [0.3, 0.4) is 0 Å². The van der Waals surface area contributed by atoms with Crippen LogP contribution in [0, 0.1) is 0 Å². The maximum atomic E-state index is 12.2. The van der Waals surface area contributed by atoms with Crippen molar-refractivity contribution >= 4 is 17.7 Å². The second-order valence-corrected chi connectivity index (χ2v) is 5.83. The molecule has 3 aliphatic rings. The molecule has 0 saturated carbocycles. The summed E-state index contributed by atoms with van der Waals surface area (Å²) in [5.41, 5.74) is 7.64. The fraction of sp³-hybridized carbons (Fsp3) is 0.533. The molecule has 2 heterocycles. The van der Waals surface area contributed by atoms with E-state index in [9.17, 15) is 14.4 Å². The Morgan fingerprint density at radius 3 is 2.61 bits per heavy atom. The van der Waals surface area contributed by atoms with Gasteiger partial charge in [-0.25, -0.2) is 5.01 Å². The van der Waals surface area contributed by atoms with Crippen LogP contribution in [0.25, 0.3) is 0 Å². The number of rotatable bonds is 4. The molecule has 2 saturated heterocycles. The van der Waals surface area contributed by atoms with Crippen LogP contribution in [-0.4, -0.2) is 59.5 Å². The maximum Gasteiger partial charge on any atom is 0.270 e. The van der Waals surface area contributed by atoms with Crippen molar-refractivity contribution in [2.45, 2.75) is 24.8 Å². The average Bonchev–Trinajstić information content (AvgIpc) is 2.58. The number of allylic oxidation sites excluding steroid dienone is 1. The Balaban J connectivity index is 1.66. The Morgan fingerprint density at radius 1 is 1.30 bits per heavy atom. The van der Waals surface area contributed by atoms with Gasteiger partial charge in [0.2, 0.25) is 11.8 Å². The van der Waals surface area contributed by atoms with Crippen LogP contribution >= 0.6 is 0 Å². The second kappa shape index (κ2) is 6.04. The third-order valence-corrected chi connectivity index (χ3v) is 4.37. The number of nitrogens with two attached hydrogens (primary N) is 1. The highest BCUT2D eigenvalue weighted by molar-refractivity contribution is 6.01. The van der Waals surface area contributed by atoms with Gasteiger partial charge in [-0.1, -0.05) is 6.08 Å². The highest BCUT2D eigenvalue weighted by Gasteiger charge is 2.54. The minimum absolute atomic E-state index is 0.00869. The number of hydrogen-bond donors (Lipinski definition) is 2. The van der Waals surface area contributed by atoms with Gasteiger partial charge in [0.05, 0.1) is 13.2 Å². The van der Waals surface area contributed by atoms with Gasteiger partial charge in [0.15, 0.2) is 5.54 Å². The normalized spacial score (nSPS) is 26.6. The van der Waals surface area contributed by atoms with E-state index in [0.29, 0.717) is 19.6 Å². The summed E-state index contributed by atoms with van der Waals surface area (Å²) < 4.78 is 5.33. The van der Waals surface area contributed by atoms with Gasteiger partial charge in [0.1, 0.15) is 0 Å². The predicted octanol–water partition coefficient (Wildman–Crippen LogP) is -0.960. The molecule has 1 aliphatic carbocycles. The first-order valence-electron chi connectivity index (χ1n) is 7.67. The molecule has 0 aromatic heterocycles. The van der Waals surface area contributed by atoms with Crippen molar-refractivity contribution < 1.29 is 19.1 Å². The van der Waals surface area contributed by atoms with Gasteiger partial charge in [-0.05, 0) is 12.2 Å². The molecule has 0 radical (unpaired) electrons. The standard InChI is InChI=1S/C15H20N4O4/c16-12(20)1-2-13(21)19-15(14(22)17-19)5-3-11(4-6-15)18-7-9-23-10-8-18/h3-5H,1-2,6-10H2,(H2,16,20)(H,17,22)/t15-/m1/s1. The zero-order chi connectivity index (χ0) is 16.4. The van der Waals surface area contributed by atoms with Crippen LogP contribution < -0.4 is 11.2 Å². The van der Waals surface area contributed by atoms with Gasteiger partial charge >= 0.3 is 0 Å². The van der Waals surface area contributed by atoms with Gasteiger partial charge in [-0.3, -0.25) is 19.8 Å². The van der Waals surface area contributed by atoms with E-state index in [1.165, 1.54) is 5.01 Å². The molecule has 0 unspecified atom stereocenters. The third kappa shape index (κ3) is 2.81. The number of primary amides is 1. The number of morpholine rings is 1. The van der Waals surface area contributed by atoms with Gasteiger partial charge in [-0.15, -0.1) is 0 Å². The Labute approximate surface area is 133 Å². The first-order chi connectivity index (χ1) is 11.0. The number of nitrogens with one attached hydrogen (secondary N) is 1. The molecular weight excluding hydrogens is 300 g/mol. The van der Waals surface area contributed by atoms with E-state index in [1.54, 1.807) is 6.08 Å². The van der Waals surface area contributed by atoms with E-state index >= 15 is 0 Å². The molecular formula is C15H20N4O4. The van der Waals surface area contributed by atoms with Crippen molar-refractivity contribution in [3.8, 4) is 0 Å². The fourth-order valence-electron chi connectivity index (χ4n) is 2.98. The van der Waals surface area contributed by atoms with E-state index < -0.39 is 11.4 Å². The van der Waals surface area contributed by atoms with Crippen LogP contribution in [0.5, 0.6) is 0 Å². The maximum absolute atomic E-state index is 12.2. The van der Waals surface area contributed by atoms with Gasteiger partial charge in [0, 0.05) is 38.0 Å². The van der Waals surface area contributed by atoms with Crippen LogP contribution in [0.2, 0.25) is 0 Å². The molecule has 3 rings (SSSR count). The molecule has 8 nitrogen and oxygen atoms in total. The minimum atomic E-state index is -0.968. The zero-order valence-electron chi connectivity index (χ0n) is 12.8. The van der Waals surface area contributed by atoms with Crippen molar-refractivity contribution in [1.29, 1.82) is 0 Å². The predicted molar refractivity (Wildman–Crippen MR) is 80.4 cm³/mol.